The molecule has 4 nitrogen and oxygen atoms in total. The second-order valence-electron chi connectivity index (χ2n) is 3.33. The molecule has 0 unspecified atom stereocenters. The van der Waals surface area contributed by atoms with Gasteiger partial charge in [-0.05, 0) is 12.1 Å². The van der Waals surface area contributed by atoms with Crippen LogP contribution in [0, 0.1) is 0 Å². The van der Waals surface area contributed by atoms with Crippen molar-refractivity contribution in [2.75, 3.05) is 0 Å². The molecule has 2 aromatic rings. The second-order valence-corrected chi connectivity index (χ2v) is 3.33. The van der Waals surface area contributed by atoms with Crippen molar-refractivity contribution in [3.63, 3.8) is 0 Å². The van der Waals surface area contributed by atoms with E-state index in [2.05, 4.69) is 5.16 Å². The van der Waals surface area contributed by atoms with Crippen LogP contribution < -0.4 is 4.57 Å². The highest BCUT2D eigenvalue weighted by Gasteiger charge is 2.22. The number of phenolic OH excluding ortho intramolecular Hbond substituents is 1. The van der Waals surface area contributed by atoms with Gasteiger partial charge in [0.1, 0.15) is 11.3 Å². The van der Waals surface area contributed by atoms with Gasteiger partial charge in [0.15, 0.2) is 5.16 Å². The van der Waals surface area contributed by atoms with Crippen LogP contribution in [0.3, 0.4) is 0 Å². The minimum absolute atomic E-state index is 0.201. The van der Waals surface area contributed by atoms with Gasteiger partial charge < -0.3 is 5.11 Å². The first-order valence-corrected chi connectivity index (χ1v) is 4.87. The summed E-state index contributed by atoms with van der Waals surface area (Å²) in [7, 11) is 1.87. The number of aromatic hydroxyl groups is 1. The number of benzene rings is 1. The van der Waals surface area contributed by atoms with Crippen LogP contribution in [0.4, 0.5) is 0 Å². The molecule has 0 aliphatic heterocycles. The van der Waals surface area contributed by atoms with Crippen molar-refractivity contribution in [3.8, 4) is 17.2 Å². The third-order valence-electron chi connectivity index (χ3n) is 2.38. The minimum Gasteiger partial charge on any atom is -0.507 e. The van der Waals surface area contributed by atoms with Crippen LogP contribution >= 0.6 is 0 Å². The predicted molar refractivity (Wildman–Crippen MR) is 54.2 cm³/mol. The zero-order valence-electron chi connectivity index (χ0n) is 8.77. The van der Waals surface area contributed by atoms with Gasteiger partial charge in [-0.25, -0.2) is 4.52 Å². The molecule has 0 saturated heterocycles. The largest absolute Gasteiger partial charge is 0.507 e. The lowest BCUT2D eigenvalue weighted by molar-refractivity contribution is -0.670. The molecule has 0 amide bonds. The van der Waals surface area contributed by atoms with E-state index in [1.807, 2.05) is 24.6 Å². The summed E-state index contributed by atoms with van der Waals surface area (Å²) in [5.74, 6) is 1.63. The molecule has 0 bridgehead atoms. The van der Waals surface area contributed by atoms with Crippen molar-refractivity contribution in [1.29, 1.82) is 0 Å². The molecule has 15 heavy (non-hydrogen) atoms. The Kier molecular flexibility index (Phi) is 2.41. The minimum atomic E-state index is 0.201. The highest BCUT2D eigenvalue weighted by Crippen LogP contribution is 2.25. The highest BCUT2D eigenvalue weighted by molar-refractivity contribution is 5.59. The van der Waals surface area contributed by atoms with Crippen LogP contribution in [0.25, 0.3) is 11.5 Å². The summed E-state index contributed by atoms with van der Waals surface area (Å²) in [6.07, 6.45) is 0.799. The average Bonchev–Trinajstić information content (AvgIpc) is 2.60. The van der Waals surface area contributed by atoms with E-state index in [0.29, 0.717) is 11.5 Å². The van der Waals surface area contributed by atoms with Crippen LogP contribution in [0.1, 0.15) is 12.7 Å². The molecule has 0 spiro atoms. The lowest BCUT2D eigenvalue weighted by Crippen LogP contribution is -2.33. The third kappa shape index (κ3) is 1.58. The molecule has 0 saturated carbocycles. The van der Waals surface area contributed by atoms with Crippen LogP contribution in [0.2, 0.25) is 0 Å². The van der Waals surface area contributed by atoms with Crippen LogP contribution in [-0.4, -0.2) is 10.3 Å². The Bertz CT molecular complexity index is 477. The smallest absolute Gasteiger partial charge is 0.352 e. The Morgan fingerprint density at radius 2 is 2.13 bits per heavy atom. The quantitative estimate of drug-likeness (QED) is 0.754. The van der Waals surface area contributed by atoms with E-state index in [1.165, 1.54) is 0 Å². The number of hydrogen-bond donors (Lipinski definition) is 1. The van der Waals surface area contributed by atoms with Gasteiger partial charge in [0.2, 0.25) is 0 Å². The van der Waals surface area contributed by atoms with Gasteiger partial charge in [-0.15, -0.1) is 0 Å². The molecular formula is C11H13N2O2+. The number of aryl methyl sites for hydroxylation is 1. The maximum atomic E-state index is 9.67. The van der Waals surface area contributed by atoms with Crippen LogP contribution in [0.5, 0.6) is 5.75 Å². The van der Waals surface area contributed by atoms with Crippen molar-refractivity contribution >= 4 is 0 Å². The zero-order chi connectivity index (χ0) is 10.8. The lowest BCUT2D eigenvalue weighted by Gasteiger charge is -1.97. The Hall–Kier alpha value is -1.84. The summed E-state index contributed by atoms with van der Waals surface area (Å²) in [6, 6.07) is 7.05. The van der Waals surface area contributed by atoms with Gasteiger partial charge in [-0.2, -0.15) is 4.57 Å². The van der Waals surface area contributed by atoms with E-state index >= 15 is 0 Å². The van der Waals surface area contributed by atoms with E-state index in [-0.39, 0.29) is 5.75 Å². The molecular weight excluding hydrogens is 192 g/mol. The summed E-state index contributed by atoms with van der Waals surface area (Å²) >= 11 is 0. The van der Waals surface area contributed by atoms with Gasteiger partial charge in [0.05, 0.1) is 13.5 Å². The van der Waals surface area contributed by atoms with E-state index < -0.39 is 0 Å². The van der Waals surface area contributed by atoms with Crippen molar-refractivity contribution in [3.05, 3.63) is 30.1 Å². The van der Waals surface area contributed by atoms with Gasteiger partial charge in [0, 0.05) is 0 Å². The molecule has 78 valence electrons. The Morgan fingerprint density at radius 1 is 1.40 bits per heavy atom. The number of para-hydroxylation sites is 1. The fourth-order valence-corrected chi connectivity index (χ4v) is 1.52. The lowest BCUT2D eigenvalue weighted by atomic mass is 10.2. The standard InChI is InChI=1S/C11H12N2O2/c1-3-10-12-15-11(13(10)2)8-6-4-5-7-9(8)14/h4-7H,3H2,1-2H3/p+1. The van der Waals surface area contributed by atoms with E-state index in [9.17, 15) is 5.11 Å². The maximum absolute atomic E-state index is 9.67. The second kappa shape index (κ2) is 3.73. The summed E-state index contributed by atoms with van der Waals surface area (Å²) in [6.45, 7) is 2.01. The van der Waals surface area contributed by atoms with Gasteiger partial charge in [-0.3, -0.25) is 0 Å². The first-order valence-electron chi connectivity index (χ1n) is 4.87. The molecule has 0 radical (unpaired) electrons. The maximum Gasteiger partial charge on any atom is 0.352 e. The third-order valence-corrected chi connectivity index (χ3v) is 2.38. The topological polar surface area (TPSA) is 50.1 Å². The fraction of sp³-hybridized carbons (Fsp3) is 0.273. The first-order chi connectivity index (χ1) is 7.24. The first kappa shape index (κ1) is 9.71. The number of phenols is 1. The summed E-state index contributed by atoms with van der Waals surface area (Å²) in [5.41, 5.74) is 0.659. The zero-order valence-corrected chi connectivity index (χ0v) is 8.77. The molecule has 1 aromatic heterocycles. The summed E-state index contributed by atoms with van der Waals surface area (Å²) in [5, 5.41) is 13.6. The van der Waals surface area contributed by atoms with Crippen LogP contribution in [0.15, 0.2) is 28.8 Å². The van der Waals surface area contributed by atoms with Gasteiger partial charge in [-0.1, -0.05) is 19.1 Å². The molecule has 0 fully saturated rings. The predicted octanol–water partition coefficient (Wildman–Crippen LogP) is 1.43. The van der Waals surface area contributed by atoms with Crippen molar-refractivity contribution in [1.82, 2.24) is 5.16 Å². The summed E-state index contributed by atoms with van der Waals surface area (Å²) < 4.78 is 7.05. The molecule has 0 atom stereocenters. The van der Waals surface area contributed by atoms with Crippen molar-refractivity contribution in [2.24, 2.45) is 7.05 Å². The molecule has 2 rings (SSSR count). The van der Waals surface area contributed by atoms with E-state index in [0.717, 1.165) is 12.2 Å². The van der Waals surface area contributed by atoms with E-state index in [1.54, 1.807) is 18.2 Å². The average molecular weight is 205 g/mol. The Morgan fingerprint density at radius 3 is 2.73 bits per heavy atom. The molecule has 0 aliphatic rings. The Balaban J connectivity index is 2.55. The van der Waals surface area contributed by atoms with Crippen molar-refractivity contribution in [2.45, 2.75) is 13.3 Å². The van der Waals surface area contributed by atoms with Gasteiger partial charge in [0.25, 0.3) is 0 Å². The Labute approximate surface area is 87.8 Å². The molecule has 1 aromatic carbocycles. The number of nitrogens with zero attached hydrogens (tertiary/aromatic N) is 2. The van der Waals surface area contributed by atoms with Crippen LogP contribution in [-0.2, 0) is 13.5 Å². The van der Waals surface area contributed by atoms with Gasteiger partial charge >= 0.3 is 11.7 Å². The molecule has 4 heteroatoms. The number of aromatic nitrogens is 2. The SMILES string of the molecule is CCc1noc(-c2ccccc2O)[n+]1C. The molecule has 0 aliphatic carbocycles. The molecule has 1 N–H and O–H groups in total. The molecule has 1 heterocycles. The van der Waals surface area contributed by atoms with Crippen molar-refractivity contribution < 1.29 is 14.2 Å². The fourth-order valence-electron chi connectivity index (χ4n) is 1.52. The highest BCUT2D eigenvalue weighted by atomic mass is 16.5. The van der Waals surface area contributed by atoms with E-state index in [4.69, 9.17) is 4.52 Å². The summed E-state index contributed by atoms with van der Waals surface area (Å²) in [4.78, 5) is 0. The monoisotopic (exact) mass is 205 g/mol. The normalized spacial score (nSPS) is 10.5. The number of hydrogen-bond acceptors (Lipinski definition) is 3. The number of rotatable bonds is 2.